The molecule has 4 fully saturated rings. The molecule has 1 heterocycles. The van der Waals surface area contributed by atoms with Crippen molar-refractivity contribution in [1.82, 2.24) is 10.1 Å². The summed E-state index contributed by atoms with van der Waals surface area (Å²) in [6, 6.07) is 9.07. The Labute approximate surface area is 219 Å². The normalized spacial score (nSPS) is 27.2. The first-order chi connectivity index (χ1) is 17.9. The van der Waals surface area contributed by atoms with Gasteiger partial charge in [-0.05, 0) is 80.9 Å². The Morgan fingerprint density at radius 1 is 1.13 bits per heavy atom. The molecule has 0 N–H and O–H groups in total. The van der Waals surface area contributed by atoms with E-state index < -0.39 is 23.2 Å². The molecule has 1 aromatic heterocycles. The average Bonchev–Trinajstić information content (AvgIpc) is 3.42. The van der Waals surface area contributed by atoms with Gasteiger partial charge in [0.05, 0.1) is 11.6 Å². The molecule has 6 nitrogen and oxygen atoms in total. The quantitative estimate of drug-likeness (QED) is 0.363. The number of aromatic nitrogens is 2. The Morgan fingerprint density at radius 2 is 1.79 bits per heavy atom. The van der Waals surface area contributed by atoms with Crippen LogP contribution in [0, 0.1) is 22.7 Å². The summed E-state index contributed by atoms with van der Waals surface area (Å²) in [5.41, 5.74) is 0.514. The third kappa shape index (κ3) is 5.29. The molecule has 0 aliphatic heterocycles. The van der Waals surface area contributed by atoms with Crippen molar-refractivity contribution in [2.75, 3.05) is 11.4 Å². The fourth-order valence-electron chi connectivity index (χ4n) is 6.52. The molecule has 0 saturated heterocycles. The number of alkyl halides is 4. The van der Waals surface area contributed by atoms with Crippen LogP contribution in [0.5, 0.6) is 0 Å². The molecule has 10 heteroatoms. The molecule has 4 aliphatic rings. The van der Waals surface area contributed by atoms with Crippen molar-refractivity contribution in [3.05, 3.63) is 41.5 Å². The van der Waals surface area contributed by atoms with Crippen LogP contribution in [0.2, 0.25) is 0 Å². The summed E-state index contributed by atoms with van der Waals surface area (Å²) in [5.74, 6) is -6.37. The maximum atomic E-state index is 13.7. The van der Waals surface area contributed by atoms with Gasteiger partial charge in [-0.25, -0.2) is 8.78 Å². The molecular formula is C28H32F4N4O2. The predicted octanol–water partition coefficient (Wildman–Crippen LogP) is 6.89. The number of halogens is 4. The Kier molecular flexibility index (Phi) is 6.77. The van der Waals surface area contributed by atoms with Crippen LogP contribution >= 0.6 is 0 Å². The van der Waals surface area contributed by atoms with Crippen LogP contribution in [0.15, 0.2) is 28.8 Å². The molecule has 38 heavy (non-hydrogen) atoms. The zero-order valence-electron chi connectivity index (χ0n) is 21.5. The number of hydrogen-bond acceptors (Lipinski definition) is 5. The van der Waals surface area contributed by atoms with Crippen molar-refractivity contribution in [2.24, 2.45) is 11.3 Å². The van der Waals surface area contributed by atoms with Gasteiger partial charge in [0.1, 0.15) is 0 Å². The van der Waals surface area contributed by atoms with E-state index in [4.69, 9.17) is 4.52 Å². The SMILES string of the molecule is CC(F)(F)c1nc(C23CCC(CN(C(=O)CC4CCC(F)(F)CC4)c4cccc(C#N)c4)(CC2)CC3)no1. The highest BCUT2D eigenvalue weighted by Crippen LogP contribution is 2.57. The fourth-order valence-corrected chi connectivity index (χ4v) is 6.52. The number of nitriles is 1. The number of carbonyl (C=O) groups is 1. The largest absolute Gasteiger partial charge is 0.333 e. The number of hydrogen-bond donors (Lipinski definition) is 0. The Morgan fingerprint density at radius 3 is 2.37 bits per heavy atom. The van der Waals surface area contributed by atoms with Gasteiger partial charge >= 0.3 is 5.92 Å². The molecule has 0 spiro atoms. The molecule has 1 amide bonds. The van der Waals surface area contributed by atoms with E-state index in [-0.39, 0.29) is 36.5 Å². The summed E-state index contributed by atoms with van der Waals surface area (Å²) >= 11 is 0. The van der Waals surface area contributed by atoms with Crippen LogP contribution < -0.4 is 4.90 Å². The second-order valence-corrected chi connectivity index (χ2v) is 11.7. The van der Waals surface area contributed by atoms with Crippen LogP contribution in [0.4, 0.5) is 23.2 Å². The van der Waals surface area contributed by atoms with Gasteiger partial charge in [-0.2, -0.15) is 19.0 Å². The smallest absolute Gasteiger partial charge is 0.322 e. The number of benzene rings is 1. The topological polar surface area (TPSA) is 83.0 Å². The molecule has 1 aromatic carbocycles. The Bertz CT molecular complexity index is 1200. The van der Waals surface area contributed by atoms with Gasteiger partial charge < -0.3 is 9.42 Å². The van der Waals surface area contributed by atoms with Crippen molar-refractivity contribution in [2.45, 2.75) is 94.8 Å². The number of rotatable bonds is 7. The van der Waals surface area contributed by atoms with E-state index in [1.54, 1.807) is 23.1 Å². The van der Waals surface area contributed by atoms with Crippen LogP contribution in [0.3, 0.4) is 0 Å². The van der Waals surface area contributed by atoms with Crippen molar-refractivity contribution < 1.29 is 26.9 Å². The van der Waals surface area contributed by atoms with Gasteiger partial charge in [-0.1, -0.05) is 11.2 Å². The minimum Gasteiger partial charge on any atom is -0.333 e. The molecule has 4 saturated carbocycles. The van der Waals surface area contributed by atoms with Gasteiger partial charge in [0.15, 0.2) is 5.82 Å². The van der Waals surface area contributed by atoms with E-state index in [1.807, 2.05) is 6.07 Å². The monoisotopic (exact) mass is 532 g/mol. The molecular weight excluding hydrogens is 500 g/mol. The van der Waals surface area contributed by atoms with E-state index >= 15 is 0 Å². The van der Waals surface area contributed by atoms with Crippen molar-refractivity contribution in [1.29, 1.82) is 5.26 Å². The molecule has 2 bridgehead atoms. The minimum atomic E-state index is -3.19. The first-order valence-corrected chi connectivity index (χ1v) is 13.3. The van der Waals surface area contributed by atoms with E-state index in [1.165, 1.54) is 0 Å². The molecule has 0 radical (unpaired) electrons. The lowest BCUT2D eigenvalue weighted by Crippen LogP contribution is -2.51. The third-order valence-corrected chi connectivity index (χ3v) is 9.06. The maximum Gasteiger partial charge on any atom is 0.322 e. The number of anilines is 1. The Balaban J connectivity index is 1.33. The van der Waals surface area contributed by atoms with Crippen LogP contribution in [-0.2, 0) is 16.1 Å². The lowest BCUT2D eigenvalue weighted by atomic mass is 9.53. The molecule has 6 rings (SSSR count). The maximum absolute atomic E-state index is 13.7. The molecule has 4 aliphatic carbocycles. The van der Waals surface area contributed by atoms with E-state index in [0.717, 1.165) is 26.2 Å². The van der Waals surface area contributed by atoms with E-state index in [0.29, 0.717) is 55.7 Å². The van der Waals surface area contributed by atoms with Gasteiger partial charge in [0.25, 0.3) is 5.89 Å². The predicted molar refractivity (Wildman–Crippen MR) is 131 cm³/mol. The van der Waals surface area contributed by atoms with Gasteiger partial charge in [-0.3, -0.25) is 4.79 Å². The standard InChI is InChI=1S/C28H32F4N4O2/c1-25(29,30)24-34-23(35-38-24)27-12-9-26(10-13-27,11-14-27)18-36(21-4-2-3-20(15-21)17-33)22(37)16-19-5-7-28(31,32)8-6-19/h2-4,15,19H,5-14,16,18H2,1H3. The summed E-state index contributed by atoms with van der Waals surface area (Å²) in [6.07, 6.45) is 4.90. The minimum absolute atomic E-state index is 0.0873. The molecule has 204 valence electrons. The fraction of sp³-hybridized carbons (Fsp3) is 0.643. The van der Waals surface area contributed by atoms with Crippen LogP contribution in [0.1, 0.15) is 94.8 Å². The van der Waals surface area contributed by atoms with E-state index in [9.17, 15) is 27.6 Å². The summed E-state index contributed by atoms with van der Waals surface area (Å²) < 4.78 is 59.6. The number of amides is 1. The number of carbonyl (C=O) groups excluding carboxylic acids is 1. The summed E-state index contributed by atoms with van der Waals surface area (Å²) in [7, 11) is 0. The molecule has 0 atom stereocenters. The van der Waals surface area contributed by atoms with Crippen LogP contribution in [0.25, 0.3) is 0 Å². The molecule has 0 unspecified atom stereocenters. The molecule has 2 aromatic rings. The van der Waals surface area contributed by atoms with Crippen molar-refractivity contribution >= 4 is 11.6 Å². The van der Waals surface area contributed by atoms with Crippen molar-refractivity contribution in [3.63, 3.8) is 0 Å². The third-order valence-electron chi connectivity index (χ3n) is 9.06. The second-order valence-electron chi connectivity index (χ2n) is 11.7. The summed E-state index contributed by atoms with van der Waals surface area (Å²) in [6.45, 7) is 1.20. The number of nitrogens with zero attached hydrogens (tertiary/aromatic N) is 4. The lowest BCUT2D eigenvalue weighted by Gasteiger charge is -2.53. The van der Waals surface area contributed by atoms with Crippen LogP contribution in [-0.4, -0.2) is 28.5 Å². The van der Waals surface area contributed by atoms with Gasteiger partial charge in [0, 0.05) is 43.8 Å². The zero-order valence-corrected chi connectivity index (χ0v) is 21.5. The highest BCUT2D eigenvalue weighted by Gasteiger charge is 2.53. The van der Waals surface area contributed by atoms with Gasteiger partial charge in [-0.15, -0.1) is 0 Å². The second kappa shape index (κ2) is 9.65. The van der Waals surface area contributed by atoms with Gasteiger partial charge in [0.2, 0.25) is 11.8 Å². The lowest BCUT2D eigenvalue weighted by molar-refractivity contribution is -0.121. The summed E-state index contributed by atoms with van der Waals surface area (Å²) in [5, 5.41) is 13.3. The highest BCUT2D eigenvalue weighted by molar-refractivity contribution is 5.93. The average molecular weight is 533 g/mol. The van der Waals surface area contributed by atoms with E-state index in [2.05, 4.69) is 16.2 Å². The zero-order chi connectivity index (χ0) is 27.2. The van der Waals surface area contributed by atoms with Crippen molar-refractivity contribution in [3.8, 4) is 6.07 Å². The first-order valence-electron chi connectivity index (χ1n) is 13.3. The first kappa shape index (κ1) is 26.6. The number of fused-ring (bicyclic) bond motifs is 3. The summed E-state index contributed by atoms with van der Waals surface area (Å²) in [4.78, 5) is 19.4. The highest BCUT2D eigenvalue weighted by atomic mass is 19.3. The Hall–Kier alpha value is -2.96.